The SMILES string of the molecule is CC(C)C(=O)Oc1cccoo[nH]nccccccc2nc3ccccc3cc2ccc1. The average Bonchev–Trinajstić information content (AvgIpc) is 2.81. The monoisotopic (exact) mass is 443 g/mol. The number of nitrogens with zero attached hydrogens (tertiary/aromatic N) is 2. The lowest BCUT2D eigenvalue weighted by Crippen LogP contribution is -2.14. The fourth-order valence-electron chi connectivity index (χ4n) is 2.65. The first-order chi connectivity index (χ1) is 16.1. The highest BCUT2D eigenvalue weighted by atomic mass is 17.0. The average molecular weight is 444 g/mol. The molecule has 168 valence electrons. The fraction of sp³-hybridized carbons (Fsp3) is 0.115. The normalized spacial score (nSPS) is 9.91. The van der Waals surface area contributed by atoms with Gasteiger partial charge in [-0.15, -0.1) is 5.10 Å². The number of carbonyl (C=O) groups excluding carboxylic acids is 1. The second-order valence-electron chi connectivity index (χ2n) is 7.14. The Morgan fingerprint density at radius 3 is 2.30 bits per heavy atom. The van der Waals surface area contributed by atoms with Gasteiger partial charge in [-0.05, 0) is 42.5 Å². The Labute approximate surface area is 191 Å². The van der Waals surface area contributed by atoms with E-state index in [-0.39, 0.29) is 11.9 Å². The molecule has 0 saturated carbocycles. The molecule has 1 aromatic carbocycles. The van der Waals surface area contributed by atoms with E-state index in [4.69, 9.17) is 14.3 Å². The van der Waals surface area contributed by atoms with Gasteiger partial charge in [0.15, 0.2) is 0 Å². The lowest BCUT2D eigenvalue weighted by atomic mass is 10.1. The summed E-state index contributed by atoms with van der Waals surface area (Å²) in [6, 6.07) is 27.8. The van der Waals surface area contributed by atoms with Crippen LogP contribution in [0.15, 0.2) is 113 Å². The molecular formula is C26H25N3O4. The van der Waals surface area contributed by atoms with Crippen LogP contribution in [0.25, 0.3) is 21.8 Å². The van der Waals surface area contributed by atoms with Crippen molar-refractivity contribution in [3.05, 3.63) is 103 Å². The quantitative estimate of drug-likeness (QED) is 0.366. The molecule has 3 rings (SSSR count). The number of carbonyl (C=O) groups is 1. The van der Waals surface area contributed by atoms with E-state index in [0.29, 0.717) is 5.75 Å². The zero-order valence-electron chi connectivity index (χ0n) is 18.4. The van der Waals surface area contributed by atoms with Crippen molar-refractivity contribution in [2.45, 2.75) is 13.8 Å². The lowest BCUT2D eigenvalue weighted by Gasteiger charge is -2.04. The zero-order chi connectivity index (χ0) is 23.3. The number of H-pyrrole nitrogens is 1. The zero-order valence-corrected chi connectivity index (χ0v) is 18.4. The Morgan fingerprint density at radius 1 is 0.848 bits per heavy atom. The number of nitrogens with one attached hydrogen (secondary N) is 1. The molecule has 2 aromatic heterocycles. The largest absolute Gasteiger partial charge is 0.426 e. The summed E-state index contributed by atoms with van der Waals surface area (Å²) in [5.74, 6) is -0.265. The summed E-state index contributed by atoms with van der Waals surface area (Å²) in [5.41, 5.74) is 1.71. The number of aromatic nitrogens is 3. The molecule has 0 amide bonds. The third-order valence-corrected chi connectivity index (χ3v) is 4.29. The molecule has 33 heavy (non-hydrogen) atoms. The van der Waals surface area contributed by atoms with E-state index in [0.717, 1.165) is 21.8 Å². The van der Waals surface area contributed by atoms with E-state index in [1.54, 1.807) is 38.1 Å². The molecule has 0 aliphatic heterocycles. The maximum Gasteiger partial charge on any atom is 0.313 e. The van der Waals surface area contributed by atoms with Gasteiger partial charge in [0.25, 0.3) is 0 Å². The lowest BCUT2D eigenvalue weighted by molar-refractivity contribution is -0.137. The summed E-state index contributed by atoms with van der Waals surface area (Å²) >= 11 is 0. The molecule has 7 nitrogen and oxygen atoms in total. The summed E-state index contributed by atoms with van der Waals surface area (Å²) in [6.07, 6.45) is 2.78. The van der Waals surface area contributed by atoms with Gasteiger partial charge in [-0.25, -0.2) is 4.98 Å². The molecule has 0 bridgehead atoms. The fourth-order valence-corrected chi connectivity index (χ4v) is 2.65. The van der Waals surface area contributed by atoms with E-state index in [1.165, 1.54) is 18.5 Å². The van der Waals surface area contributed by atoms with Crippen molar-refractivity contribution in [3.63, 3.8) is 0 Å². The van der Waals surface area contributed by atoms with E-state index in [1.807, 2.05) is 54.6 Å². The van der Waals surface area contributed by atoms with E-state index < -0.39 is 0 Å². The van der Waals surface area contributed by atoms with Crippen molar-refractivity contribution in [1.82, 2.24) is 15.4 Å². The number of ether oxygens (including phenoxy) is 1. The van der Waals surface area contributed by atoms with Crippen LogP contribution in [-0.2, 0) is 4.79 Å². The van der Waals surface area contributed by atoms with Crippen molar-refractivity contribution in [1.29, 1.82) is 0 Å². The molecule has 0 fully saturated rings. The van der Waals surface area contributed by atoms with Gasteiger partial charge >= 0.3 is 5.97 Å². The number of aromatic amines is 1. The molecule has 2 heterocycles. The summed E-state index contributed by atoms with van der Waals surface area (Å²) < 4.78 is 14.9. The third-order valence-electron chi connectivity index (χ3n) is 4.29. The molecule has 0 atom stereocenters. The van der Waals surface area contributed by atoms with Crippen molar-refractivity contribution < 1.29 is 18.8 Å². The third kappa shape index (κ3) is 7.66. The number of hydrogen-bond donors (Lipinski definition) is 1. The Morgan fingerprint density at radius 2 is 1.52 bits per heavy atom. The summed E-state index contributed by atoms with van der Waals surface area (Å²) in [4.78, 5) is 16.8. The standard InChI is InChI=1S/C26H25N3O4/c1-20(2)26(30)32-23-13-9-12-22-19-21-11-6-7-16-25(21)28-24(22)15-5-3-4-8-17-27-29-33-31-18-10-14-23/h3-20,29H,1-2H3. The Bertz CT molecular complexity index is 1320. The highest BCUT2D eigenvalue weighted by Gasteiger charge is 2.08. The molecule has 0 radical (unpaired) electrons. The minimum absolute atomic E-state index is 0.267. The summed E-state index contributed by atoms with van der Waals surface area (Å²) in [6.45, 7) is 3.54. The van der Waals surface area contributed by atoms with Crippen LogP contribution in [0.2, 0.25) is 0 Å². The van der Waals surface area contributed by atoms with Crippen molar-refractivity contribution in [2.24, 2.45) is 5.92 Å². The van der Waals surface area contributed by atoms with Gasteiger partial charge in [0.1, 0.15) is 12.0 Å². The number of para-hydroxylation sites is 1. The van der Waals surface area contributed by atoms with Crippen molar-refractivity contribution in [2.75, 3.05) is 0 Å². The van der Waals surface area contributed by atoms with E-state index in [2.05, 4.69) is 21.1 Å². The molecule has 0 unspecified atom stereocenters. The Kier molecular flexibility index (Phi) is 8.79. The first-order valence-electron chi connectivity index (χ1n) is 10.4. The van der Waals surface area contributed by atoms with Crippen LogP contribution < -0.4 is 4.74 Å². The Balaban J connectivity index is 2.22. The van der Waals surface area contributed by atoms with Gasteiger partial charge in [0.05, 0.1) is 23.1 Å². The van der Waals surface area contributed by atoms with E-state index >= 15 is 0 Å². The van der Waals surface area contributed by atoms with Crippen LogP contribution in [0.5, 0.6) is 5.75 Å². The minimum atomic E-state index is -0.343. The number of hydrogen-bond acceptors (Lipinski definition) is 6. The van der Waals surface area contributed by atoms with Gasteiger partial charge in [-0.1, -0.05) is 67.6 Å². The van der Waals surface area contributed by atoms with Crippen LogP contribution in [0.3, 0.4) is 0 Å². The molecule has 0 saturated heterocycles. The second kappa shape index (κ2) is 12.5. The molecule has 7 heteroatoms. The van der Waals surface area contributed by atoms with Gasteiger partial charge < -0.3 is 4.74 Å². The highest BCUT2D eigenvalue weighted by molar-refractivity contribution is 5.92. The topological polar surface area (TPSA) is 94.2 Å². The smallest absolute Gasteiger partial charge is 0.313 e. The number of rotatable bonds is 2. The number of esters is 1. The maximum atomic E-state index is 12.1. The minimum Gasteiger partial charge on any atom is -0.426 e. The molecular weight excluding hydrogens is 418 g/mol. The maximum absolute atomic E-state index is 12.1. The van der Waals surface area contributed by atoms with Crippen molar-refractivity contribution in [3.8, 4) is 5.75 Å². The van der Waals surface area contributed by atoms with Gasteiger partial charge in [-0.2, -0.15) is 4.68 Å². The number of fused-ring (bicyclic) bond motifs is 2. The molecule has 3 aromatic rings. The van der Waals surface area contributed by atoms with Gasteiger partial charge in [0.2, 0.25) is 0 Å². The molecule has 0 aliphatic carbocycles. The van der Waals surface area contributed by atoms with E-state index in [9.17, 15) is 4.79 Å². The summed E-state index contributed by atoms with van der Waals surface area (Å²) in [7, 11) is 0. The van der Waals surface area contributed by atoms with Crippen LogP contribution >= 0.6 is 0 Å². The van der Waals surface area contributed by atoms with Crippen LogP contribution in [0, 0.1) is 5.92 Å². The Hall–Kier alpha value is -4.39. The molecule has 0 aliphatic rings. The second-order valence-corrected chi connectivity index (χ2v) is 7.14. The number of benzene rings is 1. The first kappa shape index (κ1) is 23.3. The van der Waals surface area contributed by atoms with Crippen molar-refractivity contribution >= 4 is 27.8 Å². The van der Waals surface area contributed by atoms with Crippen LogP contribution in [-0.4, -0.2) is 21.3 Å². The first-order valence-corrected chi connectivity index (χ1v) is 10.4. The number of pyridine rings is 1. The van der Waals surface area contributed by atoms with Gasteiger partial charge in [-0.3, -0.25) is 9.37 Å². The highest BCUT2D eigenvalue weighted by Crippen LogP contribution is 2.18. The summed E-state index contributed by atoms with van der Waals surface area (Å²) in [5, 5.41) is 8.01. The van der Waals surface area contributed by atoms with Crippen LogP contribution in [0.1, 0.15) is 13.8 Å². The van der Waals surface area contributed by atoms with Crippen LogP contribution in [0.4, 0.5) is 0 Å². The predicted octanol–water partition coefficient (Wildman–Crippen LogP) is 6.36. The predicted molar refractivity (Wildman–Crippen MR) is 127 cm³/mol. The van der Waals surface area contributed by atoms with Gasteiger partial charge in [0, 0.05) is 10.8 Å². The molecule has 1 N–H and O–H groups in total. The molecule has 0 spiro atoms.